The maximum absolute atomic E-state index is 12.4. The van der Waals surface area contributed by atoms with Crippen molar-refractivity contribution < 1.29 is 19.1 Å². The van der Waals surface area contributed by atoms with E-state index in [1.807, 2.05) is 6.92 Å². The van der Waals surface area contributed by atoms with E-state index < -0.39 is 0 Å². The Balaban J connectivity index is 1.80. The summed E-state index contributed by atoms with van der Waals surface area (Å²) in [5.74, 6) is -0.435. The van der Waals surface area contributed by atoms with Crippen molar-refractivity contribution in [2.24, 2.45) is 0 Å². The van der Waals surface area contributed by atoms with Crippen LogP contribution in [-0.2, 0) is 9.59 Å². The average molecular weight is 402 g/mol. The van der Waals surface area contributed by atoms with Crippen LogP contribution >= 0.6 is 11.6 Å². The van der Waals surface area contributed by atoms with Gasteiger partial charge < -0.3 is 15.4 Å². The molecule has 146 valence electrons. The summed E-state index contributed by atoms with van der Waals surface area (Å²) >= 11 is 5.93. The molecule has 2 N–H and O–H groups in total. The molecule has 0 atom stereocenters. The fraction of sp³-hybridized carbons (Fsp3) is 0.250. The second-order valence-electron chi connectivity index (χ2n) is 6.27. The lowest BCUT2D eigenvalue weighted by atomic mass is 10.1. The number of nitrogens with one attached hydrogen (secondary N) is 2. The van der Waals surface area contributed by atoms with Crippen LogP contribution in [0.2, 0.25) is 5.02 Å². The molecule has 0 fully saturated rings. The zero-order valence-corrected chi connectivity index (χ0v) is 16.1. The van der Waals surface area contributed by atoms with Gasteiger partial charge in [0.05, 0.1) is 5.69 Å². The number of anilines is 2. The highest BCUT2D eigenvalue weighted by Gasteiger charge is 2.27. The number of rotatable bonds is 6. The molecule has 3 amide bonds. The lowest BCUT2D eigenvalue weighted by Gasteiger charge is -2.29. The van der Waals surface area contributed by atoms with E-state index in [1.165, 1.54) is 4.90 Å². The third-order valence-electron chi connectivity index (χ3n) is 4.12. The number of benzene rings is 2. The quantitative estimate of drug-likeness (QED) is 0.779. The molecule has 1 aliphatic rings. The molecule has 0 radical (unpaired) electrons. The Kier molecular flexibility index (Phi) is 6.16. The van der Waals surface area contributed by atoms with Crippen LogP contribution in [0, 0.1) is 0 Å². The molecule has 0 saturated heterocycles. The first-order chi connectivity index (χ1) is 13.5. The zero-order valence-electron chi connectivity index (χ0n) is 15.3. The van der Waals surface area contributed by atoms with Crippen molar-refractivity contribution in [3.63, 3.8) is 0 Å². The summed E-state index contributed by atoms with van der Waals surface area (Å²) in [7, 11) is 0. The van der Waals surface area contributed by atoms with Crippen LogP contribution in [0.15, 0.2) is 42.5 Å². The van der Waals surface area contributed by atoms with Crippen LogP contribution in [-0.4, -0.2) is 37.4 Å². The number of nitrogens with zero attached hydrogens (tertiary/aromatic N) is 1. The smallest absolute Gasteiger partial charge is 0.265 e. The molecule has 0 unspecified atom stereocenters. The maximum Gasteiger partial charge on any atom is 0.265 e. The summed E-state index contributed by atoms with van der Waals surface area (Å²) in [5.41, 5.74) is 1.32. The summed E-state index contributed by atoms with van der Waals surface area (Å²) < 4.78 is 5.44. The topological polar surface area (TPSA) is 87.7 Å². The van der Waals surface area contributed by atoms with Gasteiger partial charge in [-0.15, -0.1) is 0 Å². The molecule has 2 aromatic carbocycles. The molecule has 8 heteroatoms. The van der Waals surface area contributed by atoms with Gasteiger partial charge in [0.2, 0.25) is 5.91 Å². The van der Waals surface area contributed by atoms with Gasteiger partial charge in [0.1, 0.15) is 12.3 Å². The minimum Gasteiger partial charge on any atom is -0.482 e. The van der Waals surface area contributed by atoms with Gasteiger partial charge in [-0.1, -0.05) is 24.6 Å². The highest BCUT2D eigenvalue weighted by Crippen LogP contribution is 2.34. The molecular weight excluding hydrogens is 382 g/mol. The lowest BCUT2D eigenvalue weighted by Crippen LogP contribution is -2.45. The average Bonchev–Trinajstić information content (AvgIpc) is 2.68. The molecular formula is C20H20ClN3O4. The van der Waals surface area contributed by atoms with Crippen LogP contribution < -0.4 is 20.3 Å². The molecule has 0 saturated carbocycles. The number of carbonyl (C=O) groups is 3. The Labute approximate surface area is 167 Å². The Morgan fingerprint density at radius 2 is 2.04 bits per heavy atom. The Hall–Kier alpha value is -3.06. The van der Waals surface area contributed by atoms with E-state index in [4.69, 9.17) is 16.3 Å². The lowest BCUT2D eigenvalue weighted by molar-refractivity contribution is -0.125. The Morgan fingerprint density at radius 1 is 1.21 bits per heavy atom. The highest BCUT2D eigenvalue weighted by atomic mass is 35.5. The molecule has 1 heterocycles. The van der Waals surface area contributed by atoms with Gasteiger partial charge in [-0.3, -0.25) is 19.3 Å². The normalized spacial score (nSPS) is 12.8. The van der Waals surface area contributed by atoms with Gasteiger partial charge in [0.15, 0.2) is 6.61 Å². The van der Waals surface area contributed by atoms with Crippen molar-refractivity contribution in [2.75, 3.05) is 29.9 Å². The number of hydrogen-bond acceptors (Lipinski definition) is 4. The van der Waals surface area contributed by atoms with Crippen molar-refractivity contribution in [2.45, 2.75) is 13.3 Å². The minimum absolute atomic E-state index is 0.110. The van der Waals surface area contributed by atoms with Crippen molar-refractivity contribution in [1.29, 1.82) is 0 Å². The number of fused-ring (bicyclic) bond motifs is 1. The second kappa shape index (κ2) is 8.75. The fourth-order valence-corrected chi connectivity index (χ4v) is 2.94. The van der Waals surface area contributed by atoms with Crippen LogP contribution in [0.4, 0.5) is 11.4 Å². The largest absolute Gasteiger partial charge is 0.482 e. The van der Waals surface area contributed by atoms with Gasteiger partial charge in [-0.2, -0.15) is 0 Å². The Bertz CT molecular complexity index is 916. The van der Waals surface area contributed by atoms with Crippen LogP contribution in [0.25, 0.3) is 0 Å². The van der Waals surface area contributed by atoms with E-state index in [-0.39, 0.29) is 30.9 Å². The maximum atomic E-state index is 12.4. The predicted molar refractivity (Wildman–Crippen MR) is 107 cm³/mol. The second-order valence-corrected chi connectivity index (χ2v) is 6.70. The molecule has 0 aromatic heterocycles. The zero-order chi connectivity index (χ0) is 20.1. The molecule has 0 bridgehead atoms. The first-order valence-electron chi connectivity index (χ1n) is 8.88. The first kappa shape index (κ1) is 19.7. The molecule has 28 heavy (non-hydrogen) atoms. The van der Waals surface area contributed by atoms with Gasteiger partial charge in [-0.05, 0) is 42.8 Å². The van der Waals surface area contributed by atoms with E-state index in [2.05, 4.69) is 10.6 Å². The van der Waals surface area contributed by atoms with Crippen LogP contribution in [0.1, 0.15) is 23.7 Å². The third kappa shape index (κ3) is 4.61. The summed E-state index contributed by atoms with van der Waals surface area (Å²) in [6.07, 6.45) is 0.805. The number of hydrogen-bond donors (Lipinski definition) is 2. The number of carbonyl (C=O) groups excluding carboxylic acids is 3. The summed E-state index contributed by atoms with van der Waals surface area (Å²) in [6, 6.07) is 11.5. The fourth-order valence-electron chi connectivity index (χ4n) is 2.75. The molecule has 0 aliphatic carbocycles. The molecule has 1 aliphatic heterocycles. The van der Waals surface area contributed by atoms with Crippen LogP contribution in [0.3, 0.4) is 0 Å². The molecule has 7 nitrogen and oxygen atoms in total. The summed E-state index contributed by atoms with van der Waals surface area (Å²) in [4.78, 5) is 38.1. The van der Waals surface area contributed by atoms with Gasteiger partial charge in [-0.25, -0.2) is 0 Å². The Morgan fingerprint density at radius 3 is 2.79 bits per heavy atom. The minimum atomic E-state index is -0.335. The first-order valence-corrected chi connectivity index (χ1v) is 9.26. The summed E-state index contributed by atoms with van der Waals surface area (Å²) in [6.45, 7) is 2.24. The predicted octanol–water partition coefficient (Wildman–Crippen LogP) is 2.84. The summed E-state index contributed by atoms with van der Waals surface area (Å²) in [5, 5.41) is 5.98. The monoisotopic (exact) mass is 401 g/mol. The number of halogens is 1. The van der Waals surface area contributed by atoms with E-state index in [1.54, 1.807) is 42.5 Å². The molecule has 3 rings (SSSR count). The van der Waals surface area contributed by atoms with Crippen molar-refractivity contribution in [3.05, 3.63) is 53.1 Å². The number of amides is 3. The standard InChI is InChI=1S/C20H20ClN3O4/c1-2-8-22-18(25)11-24-16-10-15(6-7-17(16)28-12-19(24)26)23-20(27)13-4-3-5-14(21)9-13/h3-7,9-10H,2,8,11-12H2,1H3,(H,22,25)(H,23,27). The van der Waals surface area contributed by atoms with E-state index >= 15 is 0 Å². The van der Waals surface area contributed by atoms with E-state index in [9.17, 15) is 14.4 Å². The SMILES string of the molecule is CCCNC(=O)CN1C(=O)COc2ccc(NC(=O)c3cccc(Cl)c3)cc21. The van der Waals surface area contributed by atoms with Crippen LogP contribution in [0.5, 0.6) is 5.75 Å². The highest BCUT2D eigenvalue weighted by molar-refractivity contribution is 6.31. The van der Waals surface area contributed by atoms with Crippen molar-refractivity contribution in [3.8, 4) is 5.75 Å². The van der Waals surface area contributed by atoms with E-state index in [0.717, 1.165) is 6.42 Å². The van der Waals surface area contributed by atoms with E-state index in [0.29, 0.717) is 34.3 Å². The molecule has 2 aromatic rings. The third-order valence-corrected chi connectivity index (χ3v) is 4.36. The van der Waals surface area contributed by atoms with Crippen molar-refractivity contribution >= 4 is 40.7 Å². The van der Waals surface area contributed by atoms with Gasteiger partial charge in [0, 0.05) is 22.8 Å². The molecule has 0 spiro atoms. The van der Waals surface area contributed by atoms with Gasteiger partial charge >= 0.3 is 0 Å². The van der Waals surface area contributed by atoms with Crippen molar-refractivity contribution in [1.82, 2.24) is 5.32 Å². The number of ether oxygens (including phenoxy) is 1. The van der Waals surface area contributed by atoms with Gasteiger partial charge in [0.25, 0.3) is 11.8 Å².